The number of ether oxygens (including phenoxy) is 1. The summed E-state index contributed by atoms with van der Waals surface area (Å²) in [5, 5.41) is 10.5. The highest BCUT2D eigenvalue weighted by Gasteiger charge is 2.39. The van der Waals surface area contributed by atoms with Crippen molar-refractivity contribution in [3.8, 4) is 11.1 Å². The average Bonchev–Trinajstić information content (AvgIpc) is 3.34. The van der Waals surface area contributed by atoms with Crippen LogP contribution in [0.1, 0.15) is 65.7 Å². The molecule has 1 amide bonds. The second kappa shape index (κ2) is 12.0. The predicted octanol–water partition coefficient (Wildman–Crippen LogP) is 6.76. The van der Waals surface area contributed by atoms with Gasteiger partial charge in [0.2, 0.25) is 0 Å². The van der Waals surface area contributed by atoms with Gasteiger partial charge in [-0.1, -0.05) is 24.6 Å². The molecule has 6 rings (SSSR count). The van der Waals surface area contributed by atoms with Gasteiger partial charge in [-0.3, -0.25) is 4.79 Å². The average molecular weight is 648 g/mol. The van der Waals surface area contributed by atoms with Gasteiger partial charge in [0.15, 0.2) is 0 Å². The van der Waals surface area contributed by atoms with Crippen LogP contribution in [0.3, 0.4) is 0 Å². The largest absolute Gasteiger partial charge is 0.478 e. The summed E-state index contributed by atoms with van der Waals surface area (Å²) in [6, 6.07) is 10.3. The van der Waals surface area contributed by atoms with E-state index in [0.717, 1.165) is 23.8 Å². The Kier molecular flexibility index (Phi) is 8.31. The molecule has 2 saturated heterocycles. The van der Waals surface area contributed by atoms with Gasteiger partial charge in [0.25, 0.3) is 5.91 Å². The predicted molar refractivity (Wildman–Crippen MR) is 176 cm³/mol. The number of amides is 1. The molecule has 5 heterocycles. The third-order valence-electron chi connectivity index (χ3n) is 9.49. The number of aromatic nitrogens is 3. The van der Waals surface area contributed by atoms with Crippen LogP contribution in [0.15, 0.2) is 42.6 Å². The minimum atomic E-state index is -0.991. The van der Waals surface area contributed by atoms with Crippen LogP contribution in [0, 0.1) is 25.1 Å². The molecule has 1 N–H and O–H groups in total. The molecule has 0 saturated carbocycles. The van der Waals surface area contributed by atoms with Crippen molar-refractivity contribution in [1.82, 2.24) is 19.4 Å². The lowest BCUT2D eigenvalue weighted by molar-refractivity contribution is 0.0160. The third kappa shape index (κ3) is 5.96. The van der Waals surface area contributed by atoms with E-state index in [9.17, 15) is 19.1 Å². The number of hydrogen-bond donors (Lipinski definition) is 1. The van der Waals surface area contributed by atoms with E-state index in [1.165, 1.54) is 6.07 Å². The highest BCUT2D eigenvalue weighted by atomic mass is 35.5. The number of aromatic carboxylic acids is 1. The number of carboxylic acids is 1. The van der Waals surface area contributed by atoms with Crippen LogP contribution in [-0.4, -0.2) is 74.8 Å². The van der Waals surface area contributed by atoms with E-state index in [4.69, 9.17) is 21.3 Å². The van der Waals surface area contributed by atoms with E-state index in [-0.39, 0.29) is 21.9 Å². The molecule has 0 atom stereocenters. The molecule has 4 aromatic rings. The zero-order valence-electron chi connectivity index (χ0n) is 26.9. The topological polar surface area (TPSA) is 101 Å². The van der Waals surface area contributed by atoms with Crippen molar-refractivity contribution in [1.29, 1.82) is 0 Å². The van der Waals surface area contributed by atoms with Crippen LogP contribution in [-0.2, 0) is 11.3 Å². The van der Waals surface area contributed by atoms with Crippen LogP contribution in [0.2, 0.25) is 5.02 Å². The van der Waals surface area contributed by atoms with Gasteiger partial charge < -0.3 is 24.2 Å². The zero-order valence-corrected chi connectivity index (χ0v) is 27.6. The van der Waals surface area contributed by atoms with Crippen LogP contribution in [0.25, 0.3) is 22.2 Å². The Morgan fingerprint density at radius 3 is 2.43 bits per heavy atom. The molecular weight excluding hydrogens is 609 g/mol. The van der Waals surface area contributed by atoms with Gasteiger partial charge in [-0.2, -0.15) is 0 Å². The SMILES string of the molecule is Cc1cc(N2CCN(C(=O)c3ccc4c(-c5ccc(Cl)c(F)c5)cn(CC5(C)CCOCC5)c4n3)C(C)(C)C2)nc(C)c1C(=O)O. The highest BCUT2D eigenvalue weighted by Crippen LogP contribution is 2.37. The van der Waals surface area contributed by atoms with Gasteiger partial charge in [0.1, 0.15) is 23.0 Å². The molecule has 242 valence electrons. The summed E-state index contributed by atoms with van der Waals surface area (Å²) >= 11 is 5.99. The summed E-state index contributed by atoms with van der Waals surface area (Å²) in [6.07, 6.45) is 3.81. The Labute approximate surface area is 272 Å². The number of aryl methyl sites for hydroxylation is 2. The normalized spacial score (nSPS) is 17.8. The standard InChI is InChI=1S/C35H39ClFN5O4/c1-21-16-29(38-22(2)30(21)33(44)45)40-12-13-42(34(3,4)19-40)32(43)28-9-7-24-25(23-6-8-26(36)27(37)17-23)18-41(31(24)39-28)20-35(5)10-14-46-15-11-35/h6-9,16-18H,10-15,19-20H2,1-5H3,(H,44,45). The van der Waals surface area contributed by atoms with E-state index < -0.39 is 17.3 Å². The van der Waals surface area contributed by atoms with Crippen molar-refractivity contribution in [2.75, 3.05) is 37.7 Å². The Morgan fingerprint density at radius 1 is 1.04 bits per heavy atom. The summed E-state index contributed by atoms with van der Waals surface area (Å²) in [4.78, 5) is 39.3. The molecule has 3 aromatic heterocycles. The fraction of sp³-hybridized carbons (Fsp3) is 0.429. The van der Waals surface area contributed by atoms with Gasteiger partial charge in [0, 0.05) is 56.5 Å². The molecule has 11 heteroatoms. The maximum Gasteiger partial charge on any atom is 0.337 e. The molecule has 9 nitrogen and oxygen atoms in total. The molecule has 2 aliphatic heterocycles. The van der Waals surface area contributed by atoms with E-state index in [0.29, 0.717) is 73.4 Å². The number of anilines is 1. The van der Waals surface area contributed by atoms with Gasteiger partial charge in [-0.05, 0) is 87.4 Å². The van der Waals surface area contributed by atoms with Crippen molar-refractivity contribution in [3.05, 3.63) is 75.9 Å². The Morgan fingerprint density at radius 2 is 1.78 bits per heavy atom. The monoisotopic (exact) mass is 647 g/mol. The van der Waals surface area contributed by atoms with Crippen molar-refractivity contribution in [3.63, 3.8) is 0 Å². The van der Waals surface area contributed by atoms with Crippen molar-refractivity contribution in [2.45, 2.75) is 59.5 Å². The molecule has 1 aromatic carbocycles. The molecule has 46 heavy (non-hydrogen) atoms. The first-order valence-corrected chi connectivity index (χ1v) is 16.0. The van der Waals surface area contributed by atoms with Gasteiger partial charge >= 0.3 is 5.97 Å². The second-order valence-electron chi connectivity index (χ2n) is 13.5. The third-order valence-corrected chi connectivity index (χ3v) is 9.80. The number of carbonyl (C=O) groups excluding carboxylic acids is 1. The van der Waals surface area contributed by atoms with Crippen LogP contribution < -0.4 is 4.90 Å². The summed E-state index contributed by atoms with van der Waals surface area (Å²) < 4.78 is 22.3. The smallest absolute Gasteiger partial charge is 0.337 e. The number of fused-ring (bicyclic) bond motifs is 1. The second-order valence-corrected chi connectivity index (χ2v) is 14.0. The number of pyridine rings is 2. The zero-order chi connectivity index (χ0) is 33.0. The number of nitrogens with zero attached hydrogens (tertiary/aromatic N) is 5. The van der Waals surface area contributed by atoms with E-state index >= 15 is 0 Å². The first kappa shape index (κ1) is 31.9. The first-order valence-electron chi connectivity index (χ1n) is 15.6. The van der Waals surface area contributed by atoms with Crippen molar-refractivity contribution >= 4 is 40.3 Å². The molecule has 2 aliphatic rings. The first-order chi connectivity index (χ1) is 21.8. The van der Waals surface area contributed by atoms with E-state index in [1.54, 1.807) is 38.1 Å². The lowest BCUT2D eigenvalue weighted by Crippen LogP contribution is -2.61. The number of carbonyl (C=O) groups is 2. The number of hydrogen-bond acceptors (Lipinski definition) is 6. The van der Waals surface area contributed by atoms with Crippen LogP contribution in [0.5, 0.6) is 0 Å². The van der Waals surface area contributed by atoms with E-state index in [1.807, 2.05) is 31.0 Å². The fourth-order valence-corrected chi connectivity index (χ4v) is 7.01. The van der Waals surface area contributed by atoms with Crippen molar-refractivity contribution < 1.29 is 23.8 Å². The van der Waals surface area contributed by atoms with Crippen molar-refractivity contribution in [2.24, 2.45) is 5.41 Å². The number of rotatable bonds is 6. The quantitative estimate of drug-likeness (QED) is 0.247. The molecule has 2 fully saturated rings. The van der Waals surface area contributed by atoms with Gasteiger partial charge in [-0.25, -0.2) is 19.2 Å². The Balaban J connectivity index is 1.32. The fourth-order valence-electron chi connectivity index (χ4n) is 6.89. The maximum atomic E-state index is 14.5. The Hall–Kier alpha value is -4.02. The number of benzene rings is 1. The van der Waals surface area contributed by atoms with Crippen LogP contribution >= 0.6 is 11.6 Å². The number of piperazine rings is 1. The van der Waals surface area contributed by atoms with Crippen LogP contribution in [0.4, 0.5) is 10.2 Å². The van der Waals surface area contributed by atoms with Gasteiger partial charge in [0.05, 0.1) is 21.8 Å². The molecule has 0 bridgehead atoms. The minimum Gasteiger partial charge on any atom is -0.478 e. The maximum absolute atomic E-state index is 14.5. The Bertz CT molecular complexity index is 1830. The van der Waals surface area contributed by atoms with Gasteiger partial charge in [-0.15, -0.1) is 0 Å². The number of halogens is 2. The highest BCUT2D eigenvalue weighted by molar-refractivity contribution is 6.30. The summed E-state index contributed by atoms with van der Waals surface area (Å²) in [6.45, 7) is 13.3. The minimum absolute atomic E-state index is 0.0137. The summed E-state index contributed by atoms with van der Waals surface area (Å²) in [7, 11) is 0. The lowest BCUT2D eigenvalue weighted by Gasteiger charge is -2.47. The number of carboxylic acid groups (broad SMARTS) is 1. The molecule has 0 unspecified atom stereocenters. The summed E-state index contributed by atoms with van der Waals surface area (Å²) in [5.41, 5.74) is 3.30. The molecule has 0 spiro atoms. The molecular formula is C35H39ClFN5O4. The van der Waals surface area contributed by atoms with E-state index in [2.05, 4.69) is 21.4 Å². The molecule has 0 aliphatic carbocycles. The summed E-state index contributed by atoms with van der Waals surface area (Å²) in [5.74, 6) is -0.951. The molecule has 0 radical (unpaired) electrons. The lowest BCUT2D eigenvalue weighted by atomic mass is 9.82.